The van der Waals surface area contributed by atoms with Crippen LogP contribution in [0.15, 0.2) is 235 Å². The maximum Gasteiger partial charge on any atom is 0.160 e. The van der Waals surface area contributed by atoms with Crippen LogP contribution in [0.2, 0.25) is 0 Å². The Hall–Kier alpha value is -8.14. The number of para-hydroxylation sites is 2. The highest BCUT2D eigenvalue weighted by atomic mass is 16.3. The summed E-state index contributed by atoms with van der Waals surface area (Å²) >= 11 is 0. The molecule has 0 amide bonds. The van der Waals surface area contributed by atoms with Crippen molar-refractivity contribution < 1.29 is 4.42 Å². The van der Waals surface area contributed by atoms with Crippen molar-refractivity contribution in [1.29, 1.82) is 0 Å². The fourth-order valence-corrected chi connectivity index (χ4v) is 9.76. The maximum atomic E-state index is 6.44. The number of rotatable bonds is 7. The van der Waals surface area contributed by atoms with E-state index in [1.54, 1.807) is 0 Å². The van der Waals surface area contributed by atoms with Gasteiger partial charge in [0, 0.05) is 33.0 Å². The Kier molecular flexibility index (Phi) is 8.39. The van der Waals surface area contributed by atoms with Gasteiger partial charge in [-0.25, -0.2) is 9.97 Å². The zero-order valence-electron chi connectivity index (χ0n) is 33.7. The van der Waals surface area contributed by atoms with Crippen LogP contribution in [0.4, 0.5) is 0 Å². The van der Waals surface area contributed by atoms with E-state index < -0.39 is 5.41 Å². The number of benzene rings is 9. The third kappa shape index (κ3) is 5.74. The second-order valence-electron chi connectivity index (χ2n) is 16.1. The molecule has 9 aromatic carbocycles. The van der Waals surface area contributed by atoms with Crippen LogP contribution < -0.4 is 0 Å². The zero-order chi connectivity index (χ0) is 41.0. The molecule has 1 aliphatic carbocycles. The maximum absolute atomic E-state index is 6.44. The summed E-state index contributed by atoms with van der Waals surface area (Å²) in [6.45, 7) is 0. The van der Waals surface area contributed by atoms with E-state index in [0.29, 0.717) is 5.82 Å². The summed E-state index contributed by atoms with van der Waals surface area (Å²) < 4.78 is 6.44. The van der Waals surface area contributed by atoms with Crippen molar-refractivity contribution in [2.45, 2.75) is 5.41 Å². The van der Waals surface area contributed by atoms with Gasteiger partial charge < -0.3 is 4.42 Å². The van der Waals surface area contributed by atoms with Gasteiger partial charge >= 0.3 is 0 Å². The van der Waals surface area contributed by atoms with Gasteiger partial charge in [-0.15, -0.1) is 0 Å². The molecule has 0 unspecified atom stereocenters. The van der Waals surface area contributed by atoms with Gasteiger partial charge in [-0.3, -0.25) is 0 Å². The normalized spacial score (nSPS) is 12.6. The smallest absolute Gasteiger partial charge is 0.160 e. The van der Waals surface area contributed by atoms with Crippen LogP contribution in [-0.2, 0) is 5.41 Å². The van der Waals surface area contributed by atoms with Gasteiger partial charge in [-0.2, -0.15) is 0 Å². The zero-order valence-corrected chi connectivity index (χ0v) is 33.7. The van der Waals surface area contributed by atoms with Gasteiger partial charge in [0.15, 0.2) is 5.82 Å². The third-order valence-corrected chi connectivity index (χ3v) is 12.6. The Labute approximate surface area is 360 Å². The molecule has 0 saturated heterocycles. The van der Waals surface area contributed by atoms with Crippen molar-refractivity contribution in [2.75, 3.05) is 0 Å². The molecular formula is C59H38N2O. The lowest BCUT2D eigenvalue weighted by Gasteiger charge is -2.34. The number of hydrogen-bond acceptors (Lipinski definition) is 3. The number of hydrogen-bond donors (Lipinski definition) is 0. The van der Waals surface area contributed by atoms with Crippen molar-refractivity contribution in [2.24, 2.45) is 0 Å². The number of furan rings is 1. The average Bonchev–Trinajstić information content (AvgIpc) is 3.89. The lowest BCUT2D eigenvalue weighted by Crippen LogP contribution is -2.28. The summed E-state index contributed by atoms with van der Waals surface area (Å²) in [6.07, 6.45) is 0. The summed E-state index contributed by atoms with van der Waals surface area (Å²) in [7, 11) is 0. The SMILES string of the molecule is c1ccc(-c2nc(-c3ccc(-c4cccc(C5(c6ccccc6)c6ccccc6-c6ccccc65)c4)cc3)cc(-c3cccc(-c4cccc5c4oc4ccccc45)c3)n2)cc1. The van der Waals surface area contributed by atoms with Crippen molar-refractivity contribution in [1.82, 2.24) is 9.97 Å². The molecule has 2 aromatic heterocycles. The van der Waals surface area contributed by atoms with Crippen LogP contribution in [0.3, 0.4) is 0 Å². The summed E-state index contributed by atoms with van der Waals surface area (Å²) in [4.78, 5) is 10.3. The van der Waals surface area contributed by atoms with E-state index in [9.17, 15) is 0 Å². The highest BCUT2D eigenvalue weighted by molar-refractivity contribution is 6.09. The summed E-state index contributed by atoms with van der Waals surface area (Å²) in [6, 6.07) is 82.2. The first kappa shape index (κ1) is 35.8. The predicted molar refractivity (Wildman–Crippen MR) is 254 cm³/mol. The molecule has 0 spiro atoms. The minimum absolute atomic E-state index is 0.453. The first-order valence-corrected chi connectivity index (χ1v) is 21.1. The summed E-state index contributed by atoms with van der Waals surface area (Å²) in [5.41, 5.74) is 18.2. The van der Waals surface area contributed by atoms with Gasteiger partial charge in [0.25, 0.3) is 0 Å². The van der Waals surface area contributed by atoms with Crippen LogP contribution in [0.1, 0.15) is 22.3 Å². The Balaban J connectivity index is 0.946. The Morgan fingerprint density at radius 2 is 0.855 bits per heavy atom. The lowest BCUT2D eigenvalue weighted by molar-refractivity contribution is 0.670. The van der Waals surface area contributed by atoms with Crippen LogP contribution in [0.5, 0.6) is 0 Å². The number of aromatic nitrogens is 2. The number of fused-ring (bicyclic) bond motifs is 6. The standard InChI is InChI=1S/C59H38N2O/c1-3-16-41(17-4-1)58-60-54(38-55(61-58)44-20-13-19-43(36-44)47-27-15-28-51-50-26-9-12-31-56(50)62-57(47)51)40-34-32-39(33-35-40)42-18-14-23-46(37-42)59(45-21-5-2-6-22-45)52-29-10-7-24-48(52)49-25-8-11-30-53(49)59/h1-38H. The van der Waals surface area contributed by atoms with Crippen LogP contribution in [-0.4, -0.2) is 9.97 Å². The molecule has 11 aromatic rings. The molecule has 1 aliphatic rings. The minimum Gasteiger partial charge on any atom is -0.455 e. The van der Waals surface area contributed by atoms with E-state index in [0.717, 1.165) is 72.3 Å². The monoisotopic (exact) mass is 790 g/mol. The molecule has 62 heavy (non-hydrogen) atoms. The Morgan fingerprint density at radius 1 is 0.323 bits per heavy atom. The van der Waals surface area contributed by atoms with Crippen LogP contribution >= 0.6 is 0 Å². The molecule has 12 rings (SSSR count). The molecular weight excluding hydrogens is 753 g/mol. The molecule has 0 aliphatic heterocycles. The van der Waals surface area contributed by atoms with E-state index in [4.69, 9.17) is 14.4 Å². The predicted octanol–water partition coefficient (Wildman–Crippen LogP) is 15.1. The minimum atomic E-state index is -0.453. The van der Waals surface area contributed by atoms with Gasteiger partial charge in [-0.1, -0.05) is 206 Å². The fourth-order valence-electron chi connectivity index (χ4n) is 9.76. The second kappa shape index (κ2) is 14.5. The molecule has 3 heteroatoms. The molecule has 0 radical (unpaired) electrons. The molecule has 290 valence electrons. The van der Waals surface area contributed by atoms with Gasteiger partial charge in [0.1, 0.15) is 11.2 Å². The van der Waals surface area contributed by atoms with E-state index in [1.165, 1.54) is 33.4 Å². The number of nitrogens with zero attached hydrogens (tertiary/aromatic N) is 2. The largest absolute Gasteiger partial charge is 0.455 e. The highest BCUT2D eigenvalue weighted by Gasteiger charge is 2.45. The quantitative estimate of drug-likeness (QED) is 0.161. The molecule has 3 nitrogen and oxygen atoms in total. The third-order valence-electron chi connectivity index (χ3n) is 12.6. The van der Waals surface area contributed by atoms with Crippen molar-refractivity contribution >= 4 is 21.9 Å². The summed E-state index contributed by atoms with van der Waals surface area (Å²) in [5, 5.41) is 2.23. The second-order valence-corrected chi connectivity index (χ2v) is 16.1. The van der Waals surface area contributed by atoms with E-state index >= 15 is 0 Å². The summed E-state index contributed by atoms with van der Waals surface area (Å²) in [5.74, 6) is 0.683. The first-order valence-electron chi connectivity index (χ1n) is 21.1. The Morgan fingerprint density at radius 3 is 1.63 bits per heavy atom. The first-order chi connectivity index (χ1) is 30.7. The van der Waals surface area contributed by atoms with E-state index in [2.05, 4.69) is 200 Å². The fraction of sp³-hybridized carbons (Fsp3) is 0.0169. The van der Waals surface area contributed by atoms with E-state index in [-0.39, 0.29) is 0 Å². The van der Waals surface area contributed by atoms with Crippen molar-refractivity contribution in [3.05, 3.63) is 253 Å². The van der Waals surface area contributed by atoms with Crippen molar-refractivity contribution in [3.8, 4) is 67.3 Å². The van der Waals surface area contributed by atoms with Gasteiger partial charge in [-0.05, 0) is 74.3 Å². The molecule has 0 bridgehead atoms. The highest BCUT2D eigenvalue weighted by Crippen LogP contribution is 2.56. The molecule has 2 heterocycles. The van der Waals surface area contributed by atoms with E-state index in [1.807, 2.05) is 30.3 Å². The van der Waals surface area contributed by atoms with Gasteiger partial charge in [0.05, 0.1) is 16.8 Å². The topological polar surface area (TPSA) is 38.9 Å². The van der Waals surface area contributed by atoms with Crippen molar-refractivity contribution in [3.63, 3.8) is 0 Å². The molecule has 0 atom stereocenters. The molecule has 0 saturated carbocycles. The lowest BCUT2D eigenvalue weighted by atomic mass is 9.67. The Bertz CT molecular complexity index is 3410. The van der Waals surface area contributed by atoms with Crippen LogP contribution in [0.25, 0.3) is 89.2 Å². The van der Waals surface area contributed by atoms with Crippen LogP contribution in [0, 0.1) is 0 Å². The molecule has 0 fully saturated rings. The molecule has 0 N–H and O–H groups in total. The van der Waals surface area contributed by atoms with Gasteiger partial charge in [0.2, 0.25) is 0 Å². The average molecular weight is 791 g/mol.